The molecule has 3 heteroatoms. The highest BCUT2D eigenvalue weighted by atomic mass is 15.0. The fraction of sp³-hybridized carbons (Fsp3) is 0.241. The van der Waals surface area contributed by atoms with Crippen LogP contribution < -0.4 is 10.6 Å². The quantitative estimate of drug-likeness (QED) is 0.166. The van der Waals surface area contributed by atoms with Crippen molar-refractivity contribution in [3.8, 4) is 28.3 Å². The van der Waals surface area contributed by atoms with Gasteiger partial charge in [-0.25, -0.2) is 9.97 Å². The Morgan fingerprint density at radius 1 is 0.639 bits per heavy atom. The number of hydrogen-bond donors (Lipinski definition) is 0. The summed E-state index contributed by atoms with van der Waals surface area (Å²) >= 11 is 0. The summed E-state index contributed by atoms with van der Waals surface area (Å²) in [5, 5.41) is 9.93. The van der Waals surface area contributed by atoms with Gasteiger partial charge < -0.3 is 4.57 Å². The lowest BCUT2D eigenvalue weighted by Crippen LogP contribution is -2.48. The Morgan fingerprint density at radius 3 is 2.16 bits per heavy atom. The van der Waals surface area contributed by atoms with Crippen molar-refractivity contribution >= 4 is 55.5 Å². The number of allylic oxidation sites excluding steroid dienone is 6. The minimum atomic E-state index is 0.205. The van der Waals surface area contributed by atoms with E-state index in [1.165, 1.54) is 68.0 Å². The lowest BCUT2D eigenvalue weighted by Gasteiger charge is -2.51. The van der Waals surface area contributed by atoms with Crippen molar-refractivity contribution in [1.29, 1.82) is 0 Å². The molecule has 4 aliphatic rings. The Balaban J connectivity index is 1.05. The summed E-state index contributed by atoms with van der Waals surface area (Å²) < 4.78 is 2.55. The average molecular weight is 790 g/mol. The minimum Gasteiger partial charge on any atom is -0.309 e. The van der Waals surface area contributed by atoms with Crippen LogP contribution in [0.15, 0.2) is 157 Å². The molecule has 0 spiro atoms. The fourth-order valence-electron chi connectivity index (χ4n) is 11.6. The highest BCUT2D eigenvalue weighted by Gasteiger charge is 2.47. The SMILES string of the molecule is CC1(C)CCC(C)(C)C2C=c3c(c4ccc5ccccc5c4n3-c3cccc(-c4nc(-c5ccc(C6C=CC=C7C=CCCC76)cc5)c5ccc6ccccc6c5n4)c3)=CC21. The Labute approximate surface area is 358 Å². The normalized spacial score (nSPS) is 22.3. The number of nitrogens with zero attached hydrogens (tertiary/aromatic N) is 3. The summed E-state index contributed by atoms with van der Waals surface area (Å²) in [6.45, 7) is 9.94. The molecular weight excluding hydrogens is 739 g/mol. The van der Waals surface area contributed by atoms with Gasteiger partial charge in [-0.1, -0.05) is 173 Å². The Morgan fingerprint density at radius 2 is 1.36 bits per heavy atom. The van der Waals surface area contributed by atoms with Crippen LogP contribution in [0.5, 0.6) is 0 Å². The van der Waals surface area contributed by atoms with E-state index >= 15 is 0 Å². The number of benzene rings is 6. The van der Waals surface area contributed by atoms with Crippen LogP contribution in [0.2, 0.25) is 0 Å². The van der Waals surface area contributed by atoms with E-state index < -0.39 is 0 Å². The van der Waals surface area contributed by atoms with Gasteiger partial charge >= 0.3 is 0 Å². The maximum atomic E-state index is 5.50. The van der Waals surface area contributed by atoms with Gasteiger partial charge in [0, 0.05) is 49.5 Å². The monoisotopic (exact) mass is 789 g/mol. The molecule has 4 unspecified atom stereocenters. The third kappa shape index (κ3) is 5.77. The Bertz CT molecular complexity index is 3330. The van der Waals surface area contributed by atoms with Gasteiger partial charge in [-0.05, 0) is 94.4 Å². The molecule has 298 valence electrons. The second-order valence-corrected chi connectivity index (χ2v) is 19.6. The standard InChI is InChI=1S/C58H51N3/c1-57(2)31-32-58(3,4)51-35-52-49(34-50(51)57)47-29-27-38-15-7-10-21-46(38)55(47)61(52)42-18-11-17-41(33-42)56-59-53(48-30-28-37-14-6-9-20-45(37)54(48)60-56)40-25-23-39(24-26-40)44-22-12-16-36-13-5-8-19-43(36)44/h5-7,9-18,20-30,33-35,43-44,50-51H,8,19,31-32H2,1-4H3. The predicted molar refractivity (Wildman–Crippen MR) is 256 cm³/mol. The van der Waals surface area contributed by atoms with Gasteiger partial charge in [0.25, 0.3) is 0 Å². The molecule has 0 N–H and O–H groups in total. The first-order valence-corrected chi connectivity index (χ1v) is 22.4. The van der Waals surface area contributed by atoms with E-state index in [0.29, 0.717) is 23.7 Å². The summed E-state index contributed by atoms with van der Waals surface area (Å²) in [5.41, 5.74) is 9.72. The van der Waals surface area contributed by atoms with Crippen molar-refractivity contribution in [3.63, 3.8) is 0 Å². The molecule has 1 saturated carbocycles. The van der Waals surface area contributed by atoms with Gasteiger partial charge in [0.2, 0.25) is 0 Å². The molecule has 0 radical (unpaired) electrons. The van der Waals surface area contributed by atoms with Gasteiger partial charge in [-0.2, -0.15) is 0 Å². The zero-order valence-corrected chi connectivity index (χ0v) is 35.6. The first-order valence-electron chi connectivity index (χ1n) is 22.4. The van der Waals surface area contributed by atoms with Crippen LogP contribution >= 0.6 is 0 Å². The van der Waals surface area contributed by atoms with Crippen molar-refractivity contribution in [3.05, 3.63) is 173 Å². The summed E-state index contributed by atoms with van der Waals surface area (Å²) in [4.78, 5) is 11.0. The molecule has 1 fully saturated rings. The molecule has 4 atom stereocenters. The molecule has 0 aliphatic heterocycles. The molecule has 61 heavy (non-hydrogen) atoms. The van der Waals surface area contributed by atoms with E-state index in [4.69, 9.17) is 9.97 Å². The number of fused-ring (bicyclic) bond motifs is 10. The van der Waals surface area contributed by atoms with Crippen molar-refractivity contribution in [2.45, 2.75) is 59.3 Å². The van der Waals surface area contributed by atoms with Crippen molar-refractivity contribution in [2.75, 3.05) is 0 Å². The van der Waals surface area contributed by atoms with Gasteiger partial charge in [-0.15, -0.1) is 0 Å². The first kappa shape index (κ1) is 36.5. The number of rotatable bonds is 4. The Hall–Kier alpha value is -6.32. The highest BCUT2D eigenvalue weighted by molar-refractivity contribution is 6.10. The molecule has 4 aliphatic carbocycles. The summed E-state index contributed by atoms with van der Waals surface area (Å²) in [7, 11) is 0. The van der Waals surface area contributed by atoms with Crippen LogP contribution in [0.25, 0.3) is 83.8 Å². The topological polar surface area (TPSA) is 30.7 Å². The molecule has 0 amide bonds. The van der Waals surface area contributed by atoms with Gasteiger partial charge in [0.15, 0.2) is 5.82 Å². The van der Waals surface area contributed by atoms with Crippen LogP contribution in [-0.4, -0.2) is 14.5 Å². The predicted octanol–water partition coefficient (Wildman–Crippen LogP) is 13.4. The van der Waals surface area contributed by atoms with E-state index in [-0.39, 0.29) is 10.8 Å². The summed E-state index contributed by atoms with van der Waals surface area (Å²) in [6.07, 6.45) is 21.7. The van der Waals surface area contributed by atoms with Crippen molar-refractivity contribution in [2.24, 2.45) is 28.6 Å². The van der Waals surface area contributed by atoms with Crippen LogP contribution in [-0.2, 0) is 0 Å². The van der Waals surface area contributed by atoms with Crippen LogP contribution in [0, 0.1) is 28.6 Å². The largest absolute Gasteiger partial charge is 0.309 e. The molecule has 3 nitrogen and oxygen atoms in total. The van der Waals surface area contributed by atoms with Crippen molar-refractivity contribution < 1.29 is 0 Å². The average Bonchev–Trinajstić information content (AvgIpc) is 3.64. The minimum absolute atomic E-state index is 0.205. The van der Waals surface area contributed by atoms with Crippen LogP contribution in [0.4, 0.5) is 0 Å². The maximum Gasteiger partial charge on any atom is 0.160 e. The van der Waals surface area contributed by atoms with E-state index in [1.54, 1.807) is 0 Å². The smallest absolute Gasteiger partial charge is 0.160 e. The summed E-state index contributed by atoms with van der Waals surface area (Å²) in [5.74, 6) is 2.58. The Kier molecular flexibility index (Phi) is 8.14. The molecule has 0 saturated heterocycles. The van der Waals surface area contributed by atoms with E-state index in [0.717, 1.165) is 51.0 Å². The second kappa shape index (κ2) is 13.6. The lowest BCUT2D eigenvalue weighted by molar-refractivity contribution is 0.0503. The van der Waals surface area contributed by atoms with Gasteiger partial charge in [-0.3, -0.25) is 0 Å². The van der Waals surface area contributed by atoms with Gasteiger partial charge in [0.05, 0.1) is 22.1 Å². The second-order valence-electron chi connectivity index (χ2n) is 19.6. The zero-order chi connectivity index (χ0) is 41.0. The molecule has 2 heterocycles. The third-order valence-electron chi connectivity index (χ3n) is 15.2. The third-order valence-corrected chi connectivity index (χ3v) is 15.2. The molecular formula is C58H51N3. The van der Waals surface area contributed by atoms with Crippen molar-refractivity contribution in [1.82, 2.24) is 14.5 Å². The first-order chi connectivity index (χ1) is 29.7. The maximum absolute atomic E-state index is 5.50. The molecule has 12 rings (SSSR count). The molecule has 0 bridgehead atoms. The lowest BCUT2D eigenvalue weighted by atomic mass is 9.53. The molecule has 6 aromatic carbocycles. The van der Waals surface area contributed by atoms with E-state index in [2.05, 4.69) is 196 Å². The highest BCUT2D eigenvalue weighted by Crippen LogP contribution is 2.54. The number of aromatic nitrogens is 3. The van der Waals surface area contributed by atoms with E-state index in [1.807, 2.05) is 0 Å². The van der Waals surface area contributed by atoms with Crippen LogP contribution in [0.1, 0.15) is 64.9 Å². The fourth-order valence-corrected chi connectivity index (χ4v) is 11.6. The van der Waals surface area contributed by atoms with Gasteiger partial charge in [0.1, 0.15) is 0 Å². The molecule has 2 aromatic heterocycles. The van der Waals surface area contributed by atoms with E-state index in [9.17, 15) is 0 Å². The van der Waals surface area contributed by atoms with Crippen LogP contribution in [0.3, 0.4) is 0 Å². The molecule has 8 aromatic rings. The zero-order valence-electron chi connectivity index (χ0n) is 35.6. The summed E-state index contributed by atoms with van der Waals surface area (Å²) in [6, 6.07) is 44.8. The number of hydrogen-bond acceptors (Lipinski definition) is 2.